The van der Waals surface area contributed by atoms with Gasteiger partial charge in [0.05, 0.1) is 17.5 Å². The SMILES string of the molecule is O=C(NC(c1ccccn1)C(F)(F)F)c1[nH]c(-c2cccnc2)[n+]2ccccc12. The van der Waals surface area contributed by atoms with Crippen LogP contribution in [0.25, 0.3) is 16.9 Å². The average Bonchev–Trinajstić information content (AvgIpc) is 3.12. The monoisotopic (exact) mass is 398 g/mol. The zero-order chi connectivity index (χ0) is 20.4. The zero-order valence-corrected chi connectivity index (χ0v) is 14.9. The van der Waals surface area contributed by atoms with Crippen LogP contribution < -0.4 is 9.72 Å². The van der Waals surface area contributed by atoms with Crippen LogP contribution in [-0.4, -0.2) is 27.0 Å². The van der Waals surface area contributed by atoms with Gasteiger partial charge in [0.1, 0.15) is 0 Å². The van der Waals surface area contributed by atoms with Crippen molar-refractivity contribution in [3.8, 4) is 11.4 Å². The van der Waals surface area contributed by atoms with Crippen LogP contribution in [0, 0.1) is 0 Å². The highest BCUT2D eigenvalue weighted by atomic mass is 19.4. The Hall–Kier alpha value is -3.75. The second-order valence-electron chi connectivity index (χ2n) is 6.25. The average molecular weight is 398 g/mol. The predicted octanol–water partition coefficient (Wildman–Crippen LogP) is 3.24. The normalized spacial score (nSPS) is 12.7. The van der Waals surface area contributed by atoms with E-state index in [4.69, 9.17) is 0 Å². The summed E-state index contributed by atoms with van der Waals surface area (Å²) in [4.78, 5) is 23.6. The molecular formula is C20H15F3N5O+. The van der Waals surface area contributed by atoms with Crippen LogP contribution >= 0.6 is 0 Å². The largest absolute Gasteiger partial charge is 0.414 e. The molecule has 0 saturated carbocycles. The molecule has 1 unspecified atom stereocenters. The number of nitrogens with zero attached hydrogens (tertiary/aromatic N) is 3. The topological polar surface area (TPSA) is 74.8 Å². The third-order valence-corrected chi connectivity index (χ3v) is 4.35. The summed E-state index contributed by atoms with van der Waals surface area (Å²) < 4.78 is 42.5. The number of imidazole rings is 1. The van der Waals surface area contributed by atoms with Gasteiger partial charge in [-0.2, -0.15) is 17.6 Å². The number of aromatic amines is 1. The molecule has 146 valence electrons. The summed E-state index contributed by atoms with van der Waals surface area (Å²) in [6, 6.07) is 10.6. The number of carbonyl (C=O) groups is 1. The van der Waals surface area contributed by atoms with Crippen LogP contribution in [0.2, 0.25) is 0 Å². The Labute approximate surface area is 163 Å². The van der Waals surface area contributed by atoms with Crippen LogP contribution in [0.5, 0.6) is 0 Å². The smallest absolute Gasteiger partial charge is 0.332 e. The van der Waals surface area contributed by atoms with E-state index in [9.17, 15) is 18.0 Å². The van der Waals surface area contributed by atoms with Gasteiger partial charge in [0.2, 0.25) is 5.69 Å². The molecule has 6 nitrogen and oxygen atoms in total. The van der Waals surface area contributed by atoms with Gasteiger partial charge in [-0.3, -0.25) is 14.8 Å². The Balaban J connectivity index is 1.76. The second-order valence-corrected chi connectivity index (χ2v) is 6.25. The molecule has 0 aliphatic heterocycles. The molecule has 9 heteroatoms. The highest BCUT2D eigenvalue weighted by Gasteiger charge is 2.44. The van der Waals surface area contributed by atoms with Crippen molar-refractivity contribution in [1.82, 2.24) is 20.3 Å². The van der Waals surface area contributed by atoms with Crippen molar-refractivity contribution < 1.29 is 22.4 Å². The molecule has 4 aromatic heterocycles. The van der Waals surface area contributed by atoms with Gasteiger partial charge in [0.25, 0.3) is 11.7 Å². The molecule has 0 radical (unpaired) electrons. The number of halogens is 3. The Morgan fingerprint density at radius 3 is 2.59 bits per heavy atom. The van der Waals surface area contributed by atoms with Crippen molar-refractivity contribution in [3.05, 3.63) is 84.7 Å². The lowest BCUT2D eigenvalue weighted by Crippen LogP contribution is -2.39. The number of hydrogen-bond acceptors (Lipinski definition) is 3. The summed E-state index contributed by atoms with van der Waals surface area (Å²) in [6.07, 6.45) is 1.46. The fourth-order valence-corrected chi connectivity index (χ4v) is 3.05. The molecule has 1 amide bonds. The first-order valence-electron chi connectivity index (χ1n) is 8.66. The number of aromatic nitrogens is 4. The molecule has 0 aliphatic carbocycles. The third-order valence-electron chi connectivity index (χ3n) is 4.35. The number of nitrogens with one attached hydrogen (secondary N) is 2. The summed E-state index contributed by atoms with van der Waals surface area (Å²) in [5.41, 5.74) is 0.842. The van der Waals surface area contributed by atoms with Crippen molar-refractivity contribution >= 4 is 11.4 Å². The van der Waals surface area contributed by atoms with E-state index in [0.717, 1.165) is 0 Å². The molecule has 0 bridgehead atoms. The fourth-order valence-electron chi connectivity index (χ4n) is 3.05. The van der Waals surface area contributed by atoms with E-state index >= 15 is 0 Å². The Morgan fingerprint density at radius 2 is 1.90 bits per heavy atom. The minimum absolute atomic E-state index is 0.00892. The van der Waals surface area contributed by atoms with Crippen LogP contribution in [0.4, 0.5) is 13.2 Å². The van der Waals surface area contributed by atoms with E-state index in [-0.39, 0.29) is 11.4 Å². The number of H-pyrrole nitrogens is 1. The van der Waals surface area contributed by atoms with Crippen LogP contribution in [0.3, 0.4) is 0 Å². The van der Waals surface area contributed by atoms with Crippen molar-refractivity contribution in [3.63, 3.8) is 0 Å². The highest BCUT2D eigenvalue weighted by molar-refractivity contribution is 5.98. The molecule has 2 N–H and O–H groups in total. The number of carbonyl (C=O) groups excluding carboxylic acids is 1. The number of amides is 1. The van der Waals surface area contributed by atoms with Gasteiger partial charge in [-0.25, -0.2) is 4.98 Å². The molecule has 0 spiro atoms. The minimum atomic E-state index is -4.70. The summed E-state index contributed by atoms with van der Waals surface area (Å²) >= 11 is 0. The maximum absolute atomic E-state index is 13.6. The lowest BCUT2D eigenvalue weighted by molar-refractivity contribution is -0.498. The number of pyridine rings is 3. The Bertz CT molecular complexity index is 1140. The second kappa shape index (κ2) is 7.34. The van der Waals surface area contributed by atoms with E-state index < -0.39 is 18.1 Å². The molecule has 0 aromatic carbocycles. The summed E-state index contributed by atoms with van der Waals surface area (Å²) in [7, 11) is 0. The lowest BCUT2D eigenvalue weighted by atomic mass is 10.1. The number of alkyl halides is 3. The molecule has 4 heterocycles. The Kier molecular flexibility index (Phi) is 4.71. The maximum atomic E-state index is 13.6. The van der Waals surface area contributed by atoms with Crippen molar-refractivity contribution in [1.29, 1.82) is 0 Å². The van der Waals surface area contributed by atoms with Gasteiger partial charge < -0.3 is 5.32 Å². The minimum Gasteiger partial charge on any atom is -0.332 e. The first kappa shape index (κ1) is 18.6. The molecule has 0 fully saturated rings. The third kappa shape index (κ3) is 3.66. The van der Waals surface area contributed by atoms with E-state index in [1.165, 1.54) is 24.4 Å². The first-order chi connectivity index (χ1) is 13.9. The first-order valence-corrected chi connectivity index (χ1v) is 8.66. The van der Waals surface area contributed by atoms with Gasteiger partial charge in [-0.05, 0) is 36.4 Å². The van der Waals surface area contributed by atoms with Gasteiger partial charge in [-0.1, -0.05) is 12.1 Å². The molecule has 0 aliphatic rings. The molecule has 29 heavy (non-hydrogen) atoms. The fraction of sp³-hybridized carbons (Fsp3) is 0.100. The van der Waals surface area contributed by atoms with Gasteiger partial charge >= 0.3 is 6.18 Å². The number of hydrogen-bond donors (Lipinski definition) is 2. The van der Waals surface area contributed by atoms with Gasteiger partial charge in [0, 0.05) is 18.6 Å². The van der Waals surface area contributed by atoms with E-state index in [1.807, 2.05) is 0 Å². The standard InChI is InChI=1S/C20H14F3N5O/c21-20(22,23)17(14-7-1-3-10-25-14)27-19(29)16-15-8-2-4-11-28(15)18(26-16)13-6-5-9-24-12-13/h1-12,17H,(H,27,29)/p+1. The quantitative estimate of drug-likeness (QED) is 0.519. The molecular weight excluding hydrogens is 383 g/mol. The van der Waals surface area contributed by atoms with Gasteiger partial charge in [-0.15, -0.1) is 0 Å². The highest BCUT2D eigenvalue weighted by Crippen LogP contribution is 2.32. The number of fused-ring (bicyclic) bond motifs is 1. The predicted molar refractivity (Wildman–Crippen MR) is 97.7 cm³/mol. The van der Waals surface area contributed by atoms with Crippen LogP contribution in [0.1, 0.15) is 22.2 Å². The van der Waals surface area contributed by atoms with Gasteiger partial charge in [0.15, 0.2) is 11.6 Å². The summed E-state index contributed by atoms with van der Waals surface area (Å²) in [6.45, 7) is 0. The Morgan fingerprint density at radius 1 is 1.07 bits per heavy atom. The van der Waals surface area contributed by atoms with E-state index in [2.05, 4.69) is 20.3 Å². The molecule has 4 aromatic rings. The molecule has 1 atom stereocenters. The maximum Gasteiger partial charge on any atom is 0.414 e. The van der Waals surface area contributed by atoms with Crippen LogP contribution in [-0.2, 0) is 0 Å². The van der Waals surface area contributed by atoms with Crippen LogP contribution in [0.15, 0.2) is 73.3 Å². The molecule has 4 rings (SSSR count). The number of rotatable bonds is 4. The van der Waals surface area contributed by atoms with E-state index in [0.29, 0.717) is 16.9 Å². The lowest BCUT2D eigenvalue weighted by Gasteiger charge is -2.20. The molecule has 0 saturated heterocycles. The van der Waals surface area contributed by atoms with E-state index in [1.54, 1.807) is 53.3 Å². The summed E-state index contributed by atoms with van der Waals surface area (Å²) in [5, 5.41) is 2.06. The van der Waals surface area contributed by atoms with Crippen molar-refractivity contribution in [2.24, 2.45) is 0 Å². The summed E-state index contributed by atoms with van der Waals surface area (Å²) in [5.74, 6) is -0.364. The van der Waals surface area contributed by atoms with Crippen molar-refractivity contribution in [2.75, 3.05) is 0 Å². The zero-order valence-electron chi connectivity index (χ0n) is 14.9. The van der Waals surface area contributed by atoms with Crippen molar-refractivity contribution in [2.45, 2.75) is 12.2 Å².